The van der Waals surface area contributed by atoms with Crippen molar-refractivity contribution < 1.29 is 13.6 Å². The molecule has 0 aliphatic carbocycles. The minimum Gasteiger partial charge on any atom is -0.408 e. The van der Waals surface area contributed by atoms with Gasteiger partial charge in [0.05, 0.1) is 5.52 Å². The van der Waals surface area contributed by atoms with Gasteiger partial charge in [0.25, 0.3) is 0 Å². The van der Waals surface area contributed by atoms with Gasteiger partial charge < -0.3 is 9.73 Å². The van der Waals surface area contributed by atoms with Gasteiger partial charge in [0, 0.05) is 18.7 Å². The topological polar surface area (TPSA) is 64.2 Å². The molecule has 1 N–H and O–H groups in total. The molecule has 0 saturated heterocycles. The van der Waals surface area contributed by atoms with Crippen molar-refractivity contribution in [1.29, 1.82) is 0 Å². The number of hydrogen-bond acceptors (Lipinski definition) is 3. The van der Waals surface area contributed by atoms with E-state index in [0.29, 0.717) is 29.8 Å². The smallest absolute Gasteiger partial charge is 0.408 e. The highest BCUT2D eigenvalue weighted by molar-refractivity contribution is 5.91. The zero-order valence-electron chi connectivity index (χ0n) is 13.2. The fourth-order valence-electron chi connectivity index (χ4n) is 2.60. The fourth-order valence-corrected chi connectivity index (χ4v) is 2.60. The fraction of sp³-hybridized carbons (Fsp3) is 0.222. The summed E-state index contributed by atoms with van der Waals surface area (Å²) in [6.07, 6.45) is 0.748. The highest BCUT2D eigenvalue weighted by atomic mass is 19.1. The predicted molar refractivity (Wildman–Crippen MR) is 89.5 cm³/mol. The Morgan fingerprint density at radius 1 is 1.25 bits per heavy atom. The van der Waals surface area contributed by atoms with Crippen molar-refractivity contribution in [3.8, 4) is 0 Å². The second-order valence-corrected chi connectivity index (χ2v) is 5.60. The van der Waals surface area contributed by atoms with Crippen molar-refractivity contribution >= 4 is 22.7 Å². The first-order valence-corrected chi connectivity index (χ1v) is 7.69. The number of aryl methyl sites for hydroxylation is 2. The summed E-state index contributed by atoms with van der Waals surface area (Å²) < 4.78 is 19.7. The van der Waals surface area contributed by atoms with Gasteiger partial charge in [-0.05, 0) is 49.2 Å². The molecule has 0 fully saturated rings. The van der Waals surface area contributed by atoms with Crippen molar-refractivity contribution in [3.05, 3.63) is 64.4 Å². The lowest BCUT2D eigenvalue weighted by Crippen LogP contribution is -2.17. The number of nitrogens with one attached hydrogen (secondary N) is 1. The van der Waals surface area contributed by atoms with Gasteiger partial charge in [-0.25, -0.2) is 9.18 Å². The van der Waals surface area contributed by atoms with Crippen LogP contribution in [-0.4, -0.2) is 10.5 Å². The number of rotatable bonds is 5. The molecule has 3 aromatic rings. The average molecular weight is 328 g/mol. The van der Waals surface area contributed by atoms with Crippen LogP contribution in [0.15, 0.2) is 51.7 Å². The number of benzene rings is 2. The van der Waals surface area contributed by atoms with E-state index in [-0.39, 0.29) is 18.1 Å². The van der Waals surface area contributed by atoms with Crippen LogP contribution in [-0.2, 0) is 11.3 Å². The lowest BCUT2D eigenvalue weighted by molar-refractivity contribution is -0.116. The van der Waals surface area contributed by atoms with Crippen LogP contribution in [0, 0.1) is 12.7 Å². The number of oxazole rings is 1. The highest BCUT2D eigenvalue weighted by Gasteiger charge is 2.10. The van der Waals surface area contributed by atoms with E-state index in [1.165, 1.54) is 22.8 Å². The second kappa shape index (κ2) is 6.70. The molecule has 0 atom stereocenters. The number of carbonyl (C=O) groups excluding carboxylic acids is 1. The maximum Gasteiger partial charge on any atom is 0.419 e. The minimum absolute atomic E-state index is 0.175. The molecule has 0 radical (unpaired) electrons. The molecule has 0 bridgehead atoms. The molecule has 0 saturated carbocycles. The van der Waals surface area contributed by atoms with Crippen LogP contribution >= 0.6 is 0 Å². The first-order valence-electron chi connectivity index (χ1n) is 7.69. The summed E-state index contributed by atoms with van der Waals surface area (Å²) in [5.74, 6) is -0.937. The van der Waals surface area contributed by atoms with E-state index >= 15 is 0 Å². The molecule has 0 aliphatic rings. The van der Waals surface area contributed by atoms with Crippen molar-refractivity contribution in [2.24, 2.45) is 0 Å². The number of hydrogen-bond donors (Lipinski definition) is 1. The molecule has 0 aliphatic heterocycles. The van der Waals surface area contributed by atoms with Crippen molar-refractivity contribution in [2.75, 3.05) is 5.32 Å². The summed E-state index contributed by atoms with van der Waals surface area (Å²) in [5.41, 5.74) is 2.51. The summed E-state index contributed by atoms with van der Waals surface area (Å²) in [6.45, 7) is 2.13. The number of amides is 1. The molecular formula is C18H17FN2O3. The quantitative estimate of drug-likeness (QED) is 0.780. The number of carbonyl (C=O) groups is 1. The van der Waals surface area contributed by atoms with Gasteiger partial charge in [-0.15, -0.1) is 0 Å². The van der Waals surface area contributed by atoms with E-state index in [0.717, 1.165) is 5.52 Å². The molecule has 0 unspecified atom stereocenters. The zero-order valence-corrected chi connectivity index (χ0v) is 13.2. The Labute approximate surface area is 137 Å². The van der Waals surface area contributed by atoms with Gasteiger partial charge in [0.1, 0.15) is 5.82 Å². The van der Waals surface area contributed by atoms with Gasteiger partial charge in [-0.3, -0.25) is 9.36 Å². The summed E-state index contributed by atoms with van der Waals surface area (Å²) in [6, 6.07) is 11.4. The van der Waals surface area contributed by atoms with Crippen LogP contribution in [0.2, 0.25) is 0 Å². The maximum absolute atomic E-state index is 13.1. The van der Waals surface area contributed by atoms with Crippen LogP contribution in [0.1, 0.15) is 18.4 Å². The first-order chi connectivity index (χ1) is 11.5. The van der Waals surface area contributed by atoms with Gasteiger partial charge in [-0.1, -0.05) is 12.1 Å². The summed E-state index contributed by atoms with van der Waals surface area (Å²) in [5, 5.41) is 2.75. The summed E-state index contributed by atoms with van der Waals surface area (Å²) in [7, 11) is 0. The number of halogens is 1. The molecule has 24 heavy (non-hydrogen) atoms. The normalized spacial score (nSPS) is 10.9. The number of para-hydroxylation sites is 2. The van der Waals surface area contributed by atoms with Crippen molar-refractivity contribution in [1.82, 2.24) is 4.57 Å². The second-order valence-electron chi connectivity index (χ2n) is 5.60. The molecule has 6 heteroatoms. The van der Waals surface area contributed by atoms with Gasteiger partial charge in [-0.2, -0.15) is 0 Å². The minimum atomic E-state index is -0.425. The molecule has 5 nitrogen and oxygen atoms in total. The molecule has 1 amide bonds. The van der Waals surface area contributed by atoms with Gasteiger partial charge in [0.2, 0.25) is 5.91 Å². The van der Waals surface area contributed by atoms with Crippen LogP contribution in [0.3, 0.4) is 0 Å². The zero-order chi connectivity index (χ0) is 17.1. The third-order valence-corrected chi connectivity index (χ3v) is 3.82. The largest absolute Gasteiger partial charge is 0.419 e. The molecule has 2 aromatic carbocycles. The number of aromatic nitrogens is 1. The van der Waals surface area contributed by atoms with Crippen LogP contribution < -0.4 is 11.1 Å². The lowest BCUT2D eigenvalue weighted by atomic mass is 10.2. The van der Waals surface area contributed by atoms with Crippen molar-refractivity contribution in [3.63, 3.8) is 0 Å². The van der Waals surface area contributed by atoms with Crippen LogP contribution in [0.25, 0.3) is 11.1 Å². The SMILES string of the molecule is Cc1cc(F)ccc1NC(=O)CCCn1c(=O)oc2ccccc21. The Balaban J connectivity index is 1.60. The summed E-state index contributed by atoms with van der Waals surface area (Å²) >= 11 is 0. The Hall–Kier alpha value is -2.89. The predicted octanol–water partition coefficient (Wildman–Crippen LogP) is 3.46. The third kappa shape index (κ3) is 3.37. The molecule has 3 rings (SSSR count). The molecule has 1 heterocycles. The van der Waals surface area contributed by atoms with E-state index in [1.807, 2.05) is 12.1 Å². The van der Waals surface area contributed by atoms with E-state index in [2.05, 4.69) is 5.32 Å². The highest BCUT2D eigenvalue weighted by Crippen LogP contribution is 2.16. The lowest BCUT2D eigenvalue weighted by Gasteiger charge is -2.08. The van der Waals surface area contributed by atoms with Crippen LogP contribution in [0.4, 0.5) is 10.1 Å². The standard InChI is InChI=1S/C18H17FN2O3/c1-12-11-13(19)8-9-14(12)20-17(22)7-4-10-21-15-5-2-3-6-16(15)24-18(21)23/h2-3,5-6,8-9,11H,4,7,10H2,1H3,(H,20,22). The number of nitrogens with zero attached hydrogens (tertiary/aromatic N) is 1. The maximum atomic E-state index is 13.1. The molecule has 0 spiro atoms. The first kappa shape index (κ1) is 16.0. The van der Waals surface area contributed by atoms with E-state index < -0.39 is 5.76 Å². The van der Waals surface area contributed by atoms with Gasteiger partial charge >= 0.3 is 5.76 Å². The molecule has 124 valence electrons. The monoisotopic (exact) mass is 328 g/mol. The molecule has 1 aromatic heterocycles. The number of anilines is 1. The van der Waals surface area contributed by atoms with E-state index in [4.69, 9.17) is 4.42 Å². The average Bonchev–Trinajstić information content (AvgIpc) is 2.86. The Kier molecular flexibility index (Phi) is 4.46. The van der Waals surface area contributed by atoms with Crippen LogP contribution in [0.5, 0.6) is 0 Å². The Bertz CT molecular complexity index is 943. The Morgan fingerprint density at radius 3 is 2.83 bits per heavy atom. The van der Waals surface area contributed by atoms with E-state index in [1.54, 1.807) is 19.1 Å². The van der Waals surface area contributed by atoms with Gasteiger partial charge in [0.15, 0.2) is 5.58 Å². The van der Waals surface area contributed by atoms with E-state index in [9.17, 15) is 14.0 Å². The summed E-state index contributed by atoms with van der Waals surface area (Å²) in [4.78, 5) is 23.9. The van der Waals surface area contributed by atoms with Crippen molar-refractivity contribution in [2.45, 2.75) is 26.3 Å². The Morgan fingerprint density at radius 2 is 2.04 bits per heavy atom. The third-order valence-electron chi connectivity index (χ3n) is 3.82. The molecular weight excluding hydrogens is 311 g/mol. The number of fused-ring (bicyclic) bond motifs is 1.